The van der Waals surface area contributed by atoms with Crippen molar-refractivity contribution in [3.63, 3.8) is 0 Å². The van der Waals surface area contributed by atoms with Gasteiger partial charge in [-0.2, -0.15) is 0 Å². The van der Waals surface area contributed by atoms with Gasteiger partial charge in [0, 0.05) is 12.3 Å². The second-order valence-electron chi connectivity index (χ2n) is 9.83. The van der Waals surface area contributed by atoms with Gasteiger partial charge in [-0.1, -0.05) is 91.5 Å². The predicted molar refractivity (Wildman–Crippen MR) is 148 cm³/mol. The summed E-state index contributed by atoms with van der Waals surface area (Å²) in [7, 11) is 0. The maximum Gasteiger partial charge on any atom is 0.407 e. The van der Waals surface area contributed by atoms with Gasteiger partial charge in [-0.15, -0.1) is 0 Å². The number of ether oxygens (including phenoxy) is 3. The van der Waals surface area contributed by atoms with Crippen LogP contribution in [-0.4, -0.2) is 37.3 Å². The molecule has 3 aromatic carbocycles. The van der Waals surface area contributed by atoms with E-state index in [0.29, 0.717) is 0 Å². The average molecular weight is 528 g/mol. The molecule has 1 atom stereocenters. The molecule has 0 aromatic heterocycles. The summed E-state index contributed by atoms with van der Waals surface area (Å²) < 4.78 is 16.4. The summed E-state index contributed by atoms with van der Waals surface area (Å²) in [5.41, 5.74) is 4.23. The zero-order valence-electron chi connectivity index (χ0n) is 22.2. The predicted octanol–water partition coefficient (Wildman–Crippen LogP) is 5.88. The molecule has 1 aliphatic carbocycles. The number of fused-ring (bicyclic) bond motifs is 3. The summed E-state index contributed by atoms with van der Waals surface area (Å²) in [6.07, 6.45) is 0.587. The first-order valence-electron chi connectivity index (χ1n) is 13.0. The second kappa shape index (κ2) is 12.4. The van der Waals surface area contributed by atoms with Crippen molar-refractivity contribution in [3.8, 4) is 11.1 Å². The lowest BCUT2D eigenvalue weighted by molar-refractivity contribution is -0.160. The van der Waals surface area contributed by atoms with E-state index < -0.39 is 29.7 Å². The number of benzene rings is 3. The SMILES string of the molecule is C=CCOC(=O)CC[C@H](NC(=O)OCC1c2ccccc2-c2ccccc21)C(=O)OC(C)(C)c1ccccc1. The van der Waals surface area contributed by atoms with Crippen LogP contribution in [-0.2, 0) is 29.4 Å². The van der Waals surface area contributed by atoms with Gasteiger partial charge in [0.25, 0.3) is 0 Å². The van der Waals surface area contributed by atoms with Crippen LogP contribution in [0.15, 0.2) is 91.5 Å². The lowest BCUT2D eigenvalue weighted by Gasteiger charge is -2.28. The maximum absolute atomic E-state index is 13.2. The first-order chi connectivity index (χ1) is 18.8. The quantitative estimate of drug-likeness (QED) is 0.190. The van der Waals surface area contributed by atoms with Crippen LogP contribution in [0.1, 0.15) is 49.3 Å². The van der Waals surface area contributed by atoms with Gasteiger partial charge >= 0.3 is 18.0 Å². The van der Waals surface area contributed by atoms with E-state index in [0.717, 1.165) is 27.8 Å². The van der Waals surface area contributed by atoms with Gasteiger partial charge in [0.1, 0.15) is 24.9 Å². The summed E-state index contributed by atoms with van der Waals surface area (Å²) in [5.74, 6) is -1.31. The van der Waals surface area contributed by atoms with E-state index in [4.69, 9.17) is 14.2 Å². The molecule has 4 rings (SSSR count). The first-order valence-corrected chi connectivity index (χ1v) is 13.0. The summed E-state index contributed by atoms with van der Waals surface area (Å²) in [4.78, 5) is 38.2. The fraction of sp³-hybridized carbons (Fsp3) is 0.281. The van der Waals surface area contributed by atoms with Gasteiger partial charge in [-0.25, -0.2) is 9.59 Å². The molecule has 1 amide bonds. The largest absolute Gasteiger partial charge is 0.461 e. The van der Waals surface area contributed by atoms with Gasteiger partial charge in [-0.3, -0.25) is 4.79 Å². The topological polar surface area (TPSA) is 90.9 Å². The van der Waals surface area contributed by atoms with Crippen LogP contribution in [0.2, 0.25) is 0 Å². The highest BCUT2D eigenvalue weighted by molar-refractivity contribution is 5.83. The number of esters is 2. The molecule has 0 unspecified atom stereocenters. The van der Waals surface area contributed by atoms with E-state index in [-0.39, 0.29) is 32.0 Å². The van der Waals surface area contributed by atoms with Crippen LogP contribution in [0, 0.1) is 0 Å². The minimum Gasteiger partial charge on any atom is -0.461 e. The first kappa shape index (κ1) is 27.6. The Hall–Kier alpha value is -4.39. The molecule has 0 radical (unpaired) electrons. The van der Waals surface area contributed by atoms with Gasteiger partial charge in [0.15, 0.2) is 0 Å². The number of nitrogens with one attached hydrogen (secondary N) is 1. The number of carbonyl (C=O) groups is 3. The summed E-state index contributed by atoms with van der Waals surface area (Å²) in [6.45, 7) is 7.21. The molecular formula is C32H33NO6. The molecule has 3 aromatic rings. The standard InChI is InChI=1S/C32H33NO6/c1-4-20-37-29(34)19-18-28(30(35)39-32(2,3)22-12-6-5-7-13-22)33-31(36)38-21-27-25-16-10-8-14-23(25)24-15-9-11-17-26(24)27/h4-17,27-28H,1,18-21H2,2-3H3,(H,33,36)/t28-/m0/s1. The van der Waals surface area contributed by atoms with E-state index >= 15 is 0 Å². The van der Waals surface area contributed by atoms with Gasteiger partial charge < -0.3 is 19.5 Å². The van der Waals surface area contributed by atoms with Gasteiger partial charge in [0.05, 0.1) is 0 Å². The van der Waals surface area contributed by atoms with E-state index in [1.807, 2.05) is 66.7 Å². The molecule has 202 valence electrons. The van der Waals surface area contributed by atoms with Gasteiger partial charge in [-0.05, 0) is 48.1 Å². The Kier molecular flexibility index (Phi) is 8.81. The Bertz CT molecular complexity index is 1290. The minimum absolute atomic E-state index is 0.0100. The summed E-state index contributed by atoms with van der Waals surface area (Å²) in [5, 5.41) is 2.61. The highest BCUT2D eigenvalue weighted by Gasteiger charge is 2.33. The van der Waals surface area contributed by atoms with Crippen LogP contribution in [0.5, 0.6) is 0 Å². The minimum atomic E-state index is -1.11. The molecule has 0 saturated heterocycles. The fourth-order valence-electron chi connectivity index (χ4n) is 4.74. The summed E-state index contributed by atoms with van der Waals surface area (Å²) in [6, 6.07) is 24.2. The monoisotopic (exact) mass is 527 g/mol. The van der Waals surface area contributed by atoms with Crippen LogP contribution in [0.25, 0.3) is 11.1 Å². The summed E-state index contributed by atoms with van der Waals surface area (Å²) >= 11 is 0. The molecule has 0 spiro atoms. The normalized spacial score (nSPS) is 13.0. The number of hydrogen-bond donors (Lipinski definition) is 1. The Balaban J connectivity index is 1.44. The fourth-order valence-corrected chi connectivity index (χ4v) is 4.74. The van der Waals surface area contributed by atoms with E-state index in [1.165, 1.54) is 6.08 Å². The molecule has 1 N–H and O–H groups in total. The zero-order valence-corrected chi connectivity index (χ0v) is 22.2. The van der Waals surface area contributed by atoms with Crippen LogP contribution < -0.4 is 5.32 Å². The number of hydrogen-bond acceptors (Lipinski definition) is 6. The molecule has 7 heteroatoms. The van der Waals surface area contributed by atoms with Crippen molar-refractivity contribution in [2.75, 3.05) is 13.2 Å². The maximum atomic E-state index is 13.2. The lowest BCUT2D eigenvalue weighted by Crippen LogP contribution is -2.45. The van der Waals surface area contributed by atoms with Crippen molar-refractivity contribution < 1.29 is 28.6 Å². The van der Waals surface area contributed by atoms with Crippen LogP contribution in [0.3, 0.4) is 0 Å². The number of amides is 1. The molecule has 0 saturated carbocycles. The number of rotatable bonds is 11. The van der Waals surface area contributed by atoms with E-state index in [2.05, 4.69) is 24.0 Å². The third kappa shape index (κ3) is 6.74. The van der Waals surface area contributed by atoms with Crippen molar-refractivity contribution in [1.82, 2.24) is 5.32 Å². The third-order valence-electron chi connectivity index (χ3n) is 6.74. The Morgan fingerprint density at radius 1 is 0.897 bits per heavy atom. The smallest absolute Gasteiger partial charge is 0.407 e. The Labute approximate surface area is 228 Å². The van der Waals surface area contributed by atoms with Crippen molar-refractivity contribution in [2.45, 2.75) is 44.2 Å². The number of alkyl carbamates (subject to hydrolysis) is 1. The van der Waals surface area contributed by atoms with Crippen LogP contribution in [0.4, 0.5) is 4.79 Å². The van der Waals surface area contributed by atoms with Crippen LogP contribution >= 0.6 is 0 Å². The molecule has 1 aliphatic rings. The van der Waals surface area contributed by atoms with E-state index in [9.17, 15) is 14.4 Å². The molecular weight excluding hydrogens is 494 g/mol. The molecule has 0 heterocycles. The Morgan fingerprint density at radius 3 is 2.10 bits per heavy atom. The van der Waals surface area contributed by atoms with Gasteiger partial charge in [0.2, 0.25) is 0 Å². The van der Waals surface area contributed by atoms with Crippen molar-refractivity contribution in [1.29, 1.82) is 0 Å². The Morgan fingerprint density at radius 2 is 1.49 bits per heavy atom. The number of carbonyl (C=O) groups excluding carboxylic acids is 3. The molecule has 7 nitrogen and oxygen atoms in total. The lowest BCUT2D eigenvalue weighted by atomic mass is 9.98. The molecule has 0 fully saturated rings. The zero-order chi connectivity index (χ0) is 27.8. The molecule has 0 aliphatic heterocycles. The molecule has 0 bridgehead atoms. The average Bonchev–Trinajstić information content (AvgIpc) is 3.26. The highest BCUT2D eigenvalue weighted by atomic mass is 16.6. The van der Waals surface area contributed by atoms with Crippen molar-refractivity contribution >= 4 is 18.0 Å². The van der Waals surface area contributed by atoms with Crippen molar-refractivity contribution in [2.24, 2.45) is 0 Å². The second-order valence-corrected chi connectivity index (χ2v) is 9.83. The molecule has 39 heavy (non-hydrogen) atoms. The third-order valence-corrected chi connectivity index (χ3v) is 6.74. The van der Waals surface area contributed by atoms with E-state index in [1.54, 1.807) is 13.8 Å². The highest BCUT2D eigenvalue weighted by Crippen LogP contribution is 2.44. The van der Waals surface area contributed by atoms with Crippen molar-refractivity contribution in [3.05, 3.63) is 108 Å².